The first kappa shape index (κ1) is 21.2. The summed E-state index contributed by atoms with van der Waals surface area (Å²) in [7, 11) is -2.00. The van der Waals surface area contributed by atoms with Crippen LogP contribution in [-0.4, -0.2) is 38.8 Å². The van der Waals surface area contributed by atoms with Gasteiger partial charge in [-0.2, -0.15) is 4.31 Å². The number of halogens is 1. The molecule has 0 aromatic heterocycles. The second kappa shape index (κ2) is 8.57. The van der Waals surface area contributed by atoms with E-state index in [0.29, 0.717) is 47.3 Å². The van der Waals surface area contributed by atoms with Crippen LogP contribution in [0.15, 0.2) is 41.3 Å². The van der Waals surface area contributed by atoms with Gasteiger partial charge in [-0.25, -0.2) is 8.42 Å². The zero-order valence-electron chi connectivity index (χ0n) is 16.9. The second-order valence-electron chi connectivity index (χ2n) is 7.80. The van der Waals surface area contributed by atoms with Crippen molar-refractivity contribution in [2.24, 2.45) is 5.92 Å². The number of methoxy groups -OCH3 is 1. The van der Waals surface area contributed by atoms with E-state index in [1.54, 1.807) is 24.3 Å². The number of fused-ring (bicyclic) bond motifs is 1. The van der Waals surface area contributed by atoms with E-state index in [1.165, 1.54) is 17.0 Å². The maximum absolute atomic E-state index is 13.1. The van der Waals surface area contributed by atoms with E-state index < -0.39 is 10.0 Å². The Morgan fingerprint density at radius 1 is 1.10 bits per heavy atom. The number of rotatable bonds is 5. The molecule has 0 unspecified atom stereocenters. The average molecular weight is 449 g/mol. The van der Waals surface area contributed by atoms with Gasteiger partial charge in [0.2, 0.25) is 15.9 Å². The number of sulfonamides is 1. The lowest BCUT2D eigenvalue weighted by atomic mass is 9.97. The number of anilines is 1. The van der Waals surface area contributed by atoms with Crippen LogP contribution in [0.25, 0.3) is 0 Å². The molecule has 1 aliphatic carbocycles. The van der Waals surface area contributed by atoms with Crippen LogP contribution in [0, 0.1) is 5.92 Å². The quantitative estimate of drug-likeness (QED) is 0.753. The maximum Gasteiger partial charge on any atom is 0.243 e. The van der Waals surface area contributed by atoms with Crippen molar-refractivity contribution in [3.05, 3.63) is 52.5 Å². The molecule has 4 rings (SSSR count). The number of nitrogens with zero attached hydrogens (tertiary/aromatic N) is 1. The Labute approximate surface area is 182 Å². The predicted molar refractivity (Wildman–Crippen MR) is 117 cm³/mol. The van der Waals surface area contributed by atoms with Crippen molar-refractivity contribution >= 4 is 33.2 Å². The first-order valence-corrected chi connectivity index (χ1v) is 12.0. The van der Waals surface area contributed by atoms with Gasteiger partial charge < -0.3 is 10.1 Å². The molecule has 1 N–H and O–H groups in total. The van der Waals surface area contributed by atoms with Crippen molar-refractivity contribution in [2.75, 3.05) is 25.5 Å². The molecule has 2 aromatic carbocycles. The zero-order valence-corrected chi connectivity index (χ0v) is 18.4. The Kier molecular flexibility index (Phi) is 6.04. The lowest BCUT2D eigenvalue weighted by Gasteiger charge is -2.30. The Hall–Kier alpha value is -2.09. The van der Waals surface area contributed by atoms with Crippen molar-refractivity contribution in [3.8, 4) is 5.75 Å². The lowest BCUT2D eigenvalue weighted by Crippen LogP contribution is -2.41. The summed E-state index contributed by atoms with van der Waals surface area (Å²) >= 11 is 6.11. The largest absolute Gasteiger partial charge is 0.495 e. The molecule has 6 nitrogen and oxygen atoms in total. The van der Waals surface area contributed by atoms with Gasteiger partial charge in [0, 0.05) is 24.7 Å². The van der Waals surface area contributed by atoms with Gasteiger partial charge in [-0.05, 0) is 73.6 Å². The fourth-order valence-corrected chi connectivity index (χ4v) is 5.98. The summed E-state index contributed by atoms with van der Waals surface area (Å²) in [6, 6.07) is 10.6. The van der Waals surface area contributed by atoms with E-state index in [4.69, 9.17) is 16.3 Å². The molecule has 0 bridgehead atoms. The number of hydrogen-bond donors (Lipinski definition) is 1. The fraction of sp³-hybridized carbons (Fsp3) is 0.409. The summed E-state index contributed by atoms with van der Waals surface area (Å²) in [6.07, 6.45) is 4.02. The van der Waals surface area contributed by atoms with E-state index in [2.05, 4.69) is 5.32 Å². The Bertz CT molecular complexity index is 1060. The Balaban J connectivity index is 1.38. The molecular weight excluding hydrogens is 424 g/mol. The molecule has 2 aromatic rings. The molecule has 160 valence electrons. The van der Waals surface area contributed by atoms with E-state index in [-0.39, 0.29) is 11.8 Å². The van der Waals surface area contributed by atoms with Crippen LogP contribution < -0.4 is 10.1 Å². The van der Waals surface area contributed by atoms with Gasteiger partial charge in [0.25, 0.3) is 0 Å². The second-order valence-corrected chi connectivity index (χ2v) is 10.1. The maximum atomic E-state index is 13.1. The van der Waals surface area contributed by atoms with Gasteiger partial charge in [0.05, 0.1) is 17.0 Å². The number of hydrogen-bond acceptors (Lipinski definition) is 4. The lowest BCUT2D eigenvalue weighted by molar-refractivity contribution is -0.120. The highest BCUT2D eigenvalue weighted by atomic mass is 35.5. The van der Waals surface area contributed by atoms with Crippen LogP contribution in [0.2, 0.25) is 5.02 Å². The third-order valence-electron chi connectivity index (χ3n) is 5.95. The molecule has 0 radical (unpaired) electrons. The minimum absolute atomic E-state index is 0.120. The summed E-state index contributed by atoms with van der Waals surface area (Å²) in [5.74, 6) is 0.183. The molecule has 1 fully saturated rings. The summed E-state index contributed by atoms with van der Waals surface area (Å²) in [5, 5.41) is 3.29. The number of carbonyl (C=O) groups excluding carboxylic acids is 1. The number of piperidine rings is 1. The first-order valence-electron chi connectivity index (χ1n) is 10.1. The van der Waals surface area contributed by atoms with Crippen molar-refractivity contribution in [1.29, 1.82) is 0 Å². The summed E-state index contributed by atoms with van der Waals surface area (Å²) in [4.78, 5) is 13.0. The summed E-state index contributed by atoms with van der Waals surface area (Å²) < 4.78 is 32.7. The molecular formula is C22H25ClN2O4S. The van der Waals surface area contributed by atoms with Crippen LogP contribution >= 0.6 is 11.6 Å². The number of ether oxygens (including phenoxy) is 1. The van der Waals surface area contributed by atoms with E-state index >= 15 is 0 Å². The van der Waals surface area contributed by atoms with Crippen molar-refractivity contribution < 1.29 is 17.9 Å². The minimum Gasteiger partial charge on any atom is -0.495 e. The molecule has 30 heavy (non-hydrogen) atoms. The van der Waals surface area contributed by atoms with Crippen LogP contribution in [0.3, 0.4) is 0 Å². The van der Waals surface area contributed by atoms with Gasteiger partial charge >= 0.3 is 0 Å². The van der Waals surface area contributed by atoms with Crippen LogP contribution in [0.4, 0.5) is 5.69 Å². The third kappa shape index (κ3) is 4.19. The van der Waals surface area contributed by atoms with Gasteiger partial charge in [0.1, 0.15) is 5.75 Å². The van der Waals surface area contributed by atoms with Crippen molar-refractivity contribution in [1.82, 2.24) is 4.31 Å². The van der Waals surface area contributed by atoms with Gasteiger partial charge in [-0.3, -0.25) is 4.79 Å². The number of benzene rings is 2. The van der Waals surface area contributed by atoms with Crippen LogP contribution in [-0.2, 0) is 27.7 Å². The van der Waals surface area contributed by atoms with E-state index in [9.17, 15) is 13.2 Å². The molecule has 8 heteroatoms. The summed E-state index contributed by atoms with van der Waals surface area (Å²) in [5.41, 5.74) is 2.99. The monoisotopic (exact) mass is 448 g/mol. The topological polar surface area (TPSA) is 75.7 Å². The fourth-order valence-electron chi connectivity index (χ4n) is 4.20. The number of aryl methyl sites for hydroxylation is 2. The number of nitrogens with one attached hydrogen (secondary N) is 1. The van der Waals surface area contributed by atoms with Crippen molar-refractivity contribution in [2.45, 2.75) is 37.0 Å². The molecule has 1 amide bonds. The van der Waals surface area contributed by atoms with Crippen LogP contribution in [0.1, 0.15) is 30.4 Å². The summed E-state index contributed by atoms with van der Waals surface area (Å²) in [6.45, 7) is 0.668. The molecule has 0 saturated carbocycles. The van der Waals surface area contributed by atoms with E-state index in [1.807, 2.05) is 12.1 Å². The zero-order chi connectivity index (χ0) is 21.3. The Morgan fingerprint density at radius 3 is 2.53 bits per heavy atom. The highest BCUT2D eigenvalue weighted by Gasteiger charge is 2.32. The normalized spacial score (nSPS) is 17.5. The van der Waals surface area contributed by atoms with Crippen molar-refractivity contribution in [3.63, 3.8) is 0 Å². The highest BCUT2D eigenvalue weighted by Crippen LogP contribution is 2.30. The van der Waals surface area contributed by atoms with Gasteiger partial charge in [-0.1, -0.05) is 17.7 Å². The molecule has 1 saturated heterocycles. The number of carbonyl (C=O) groups is 1. The Morgan fingerprint density at radius 2 is 1.83 bits per heavy atom. The highest BCUT2D eigenvalue weighted by molar-refractivity contribution is 7.89. The van der Waals surface area contributed by atoms with E-state index in [0.717, 1.165) is 24.8 Å². The number of amides is 1. The average Bonchev–Trinajstić information content (AvgIpc) is 3.22. The molecule has 1 aliphatic heterocycles. The molecule has 0 spiro atoms. The first-order chi connectivity index (χ1) is 14.4. The molecule has 2 aliphatic rings. The van der Waals surface area contributed by atoms with Crippen LogP contribution in [0.5, 0.6) is 5.75 Å². The van der Waals surface area contributed by atoms with Gasteiger partial charge in [0.15, 0.2) is 0 Å². The SMILES string of the molecule is COc1ccc(NC(=O)C2CCN(S(=O)(=O)c3ccc4c(c3)CCC4)CC2)cc1Cl. The standard InChI is InChI=1S/C22H25ClN2O4S/c1-29-21-8-6-18(14-20(21)23)24-22(26)16-9-11-25(12-10-16)30(27,28)19-7-5-15-3-2-4-17(15)13-19/h5-8,13-14,16H,2-4,9-12H2,1H3,(H,24,26). The smallest absolute Gasteiger partial charge is 0.243 e. The molecule has 1 heterocycles. The molecule has 0 atom stereocenters. The minimum atomic E-state index is -3.53. The predicted octanol–water partition coefficient (Wildman–Crippen LogP) is 3.88. The van der Waals surface area contributed by atoms with Gasteiger partial charge in [-0.15, -0.1) is 0 Å². The third-order valence-corrected chi connectivity index (χ3v) is 8.14.